The molecule has 0 spiro atoms. The van der Waals surface area contributed by atoms with Gasteiger partial charge < -0.3 is 9.47 Å². The lowest BCUT2D eigenvalue weighted by Crippen LogP contribution is -2.41. The summed E-state index contributed by atoms with van der Waals surface area (Å²) < 4.78 is 9.97. The molecule has 0 heterocycles. The van der Waals surface area contributed by atoms with Gasteiger partial charge in [0.05, 0.1) is 14.2 Å². The third-order valence-electron chi connectivity index (χ3n) is 2.17. The second-order valence-electron chi connectivity index (χ2n) is 3.00. The van der Waals surface area contributed by atoms with Gasteiger partial charge >= 0.3 is 11.9 Å². The lowest BCUT2D eigenvalue weighted by Gasteiger charge is -2.26. The van der Waals surface area contributed by atoms with Crippen molar-refractivity contribution in [3.8, 4) is 0 Å². The molecule has 0 aliphatic carbocycles. The Morgan fingerprint density at radius 3 is 2.07 bits per heavy atom. The van der Waals surface area contributed by atoms with Crippen LogP contribution in [0.5, 0.6) is 0 Å². The number of rotatable bonds is 6. The predicted molar refractivity (Wildman–Crippen MR) is 64.8 cm³/mol. The van der Waals surface area contributed by atoms with Gasteiger partial charge in [-0.15, -0.1) is 6.58 Å². The van der Waals surface area contributed by atoms with E-state index in [0.29, 0.717) is 10.8 Å². The number of carbonyl (C=O) groups is 2. The molecule has 86 valence electrons. The molecule has 0 saturated heterocycles. The first-order valence-corrected chi connectivity index (χ1v) is 5.95. The number of methoxy groups -OCH3 is 2. The molecule has 0 aromatic rings. The van der Waals surface area contributed by atoms with Gasteiger partial charge in [0.2, 0.25) is 0 Å². The maximum atomic E-state index is 11.6. The fraction of sp³-hybridized carbons (Fsp3) is 0.600. The normalized spacial score (nSPS) is 10.6. The summed E-state index contributed by atoms with van der Waals surface area (Å²) in [4.78, 5) is 23.3. The monoisotopic (exact) mass is 326 g/mol. The smallest absolute Gasteiger partial charge is 0.323 e. The molecular formula is C10H15IO4. The van der Waals surface area contributed by atoms with Crippen LogP contribution in [0.1, 0.15) is 12.8 Å². The molecule has 0 N–H and O–H groups in total. The highest BCUT2D eigenvalue weighted by molar-refractivity contribution is 14.1. The number of ether oxygens (including phenoxy) is 2. The Labute approximate surface area is 103 Å². The fourth-order valence-electron chi connectivity index (χ4n) is 1.35. The topological polar surface area (TPSA) is 52.6 Å². The second kappa shape index (κ2) is 6.81. The van der Waals surface area contributed by atoms with Crippen LogP contribution in [0.3, 0.4) is 0 Å². The summed E-state index contributed by atoms with van der Waals surface area (Å²) in [6, 6.07) is 0. The lowest BCUT2D eigenvalue weighted by molar-refractivity contribution is -0.169. The first-order chi connectivity index (χ1) is 7.08. The van der Waals surface area contributed by atoms with Gasteiger partial charge in [-0.1, -0.05) is 28.7 Å². The average Bonchev–Trinajstić information content (AvgIpc) is 2.26. The maximum absolute atomic E-state index is 11.6. The van der Waals surface area contributed by atoms with E-state index in [2.05, 4.69) is 38.6 Å². The summed E-state index contributed by atoms with van der Waals surface area (Å²) in [5, 5.41) is 0. The molecule has 0 aliphatic rings. The molecule has 15 heavy (non-hydrogen) atoms. The molecule has 0 aliphatic heterocycles. The van der Waals surface area contributed by atoms with Crippen LogP contribution in [0.4, 0.5) is 0 Å². The summed E-state index contributed by atoms with van der Waals surface area (Å²) in [6.45, 7) is 3.54. The molecule has 0 rings (SSSR count). The molecule has 0 unspecified atom stereocenters. The largest absolute Gasteiger partial charge is 0.468 e. The van der Waals surface area contributed by atoms with E-state index in [1.54, 1.807) is 0 Å². The first-order valence-electron chi connectivity index (χ1n) is 4.42. The quantitative estimate of drug-likeness (QED) is 0.245. The SMILES string of the molecule is C=CCC(CCI)(C(=O)OC)C(=O)OC. The van der Waals surface area contributed by atoms with Crippen molar-refractivity contribution in [3.05, 3.63) is 12.7 Å². The summed E-state index contributed by atoms with van der Waals surface area (Å²) in [6.07, 6.45) is 2.15. The Morgan fingerprint density at radius 1 is 1.33 bits per heavy atom. The van der Waals surface area contributed by atoms with Crippen LogP contribution in [0, 0.1) is 5.41 Å². The number of alkyl halides is 1. The molecule has 4 nitrogen and oxygen atoms in total. The van der Waals surface area contributed by atoms with Gasteiger partial charge in [0.15, 0.2) is 5.41 Å². The molecule has 0 radical (unpaired) electrons. The number of hydrogen-bond donors (Lipinski definition) is 0. The van der Waals surface area contributed by atoms with Crippen molar-refractivity contribution in [2.75, 3.05) is 18.6 Å². The van der Waals surface area contributed by atoms with E-state index >= 15 is 0 Å². The molecule has 0 amide bonds. The molecule has 0 saturated carbocycles. The third kappa shape index (κ3) is 3.19. The Bertz CT molecular complexity index is 234. The van der Waals surface area contributed by atoms with Crippen molar-refractivity contribution >= 4 is 34.5 Å². The van der Waals surface area contributed by atoms with Crippen LogP contribution in [-0.4, -0.2) is 30.6 Å². The van der Waals surface area contributed by atoms with Crippen molar-refractivity contribution in [1.82, 2.24) is 0 Å². The zero-order valence-corrected chi connectivity index (χ0v) is 11.1. The second-order valence-corrected chi connectivity index (χ2v) is 4.08. The van der Waals surface area contributed by atoms with E-state index in [9.17, 15) is 9.59 Å². The van der Waals surface area contributed by atoms with E-state index in [4.69, 9.17) is 0 Å². The Hall–Kier alpha value is -0.590. The molecule has 5 heteroatoms. The molecule has 0 bridgehead atoms. The predicted octanol–water partition coefficient (Wildman–Crippen LogP) is 1.72. The van der Waals surface area contributed by atoms with Crippen LogP contribution in [0.15, 0.2) is 12.7 Å². The molecule has 0 atom stereocenters. The Kier molecular flexibility index (Phi) is 6.55. The minimum absolute atomic E-state index is 0.231. The van der Waals surface area contributed by atoms with Crippen molar-refractivity contribution in [2.45, 2.75) is 12.8 Å². The first kappa shape index (κ1) is 14.4. The van der Waals surface area contributed by atoms with E-state index < -0.39 is 17.4 Å². The number of halogens is 1. The molecular weight excluding hydrogens is 311 g/mol. The fourth-order valence-corrected chi connectivity index (χ4v) is 2.28. The summed E-state index contributed by atoms with van der Waals surface area (Å²) in [7, 11) is 2.52. The van der Waals surface area contributed by atoms with Crippen molar-refractivity contribution in [2.24, 2.45) is 5.41 Å². The van der Waals surface area contributed by atoms with E-state index in [-0.39, 0.29) is 6.42 Å². The van der Waals surface area contributed by atoms with Gasteiger partial charge in [0, 0.05) is 4.43 Å². The zero-order valence-electron chi connectivity index (χ0n) is 8.92. The highest BCUT2D eigenvalue weighted by Crippen LogP contribution is 2.31. The Balaban J connectivity index is 5.13. The third-order valence-corrected chi connectivity index (χ3v) is 2.71. The van der Waals surface area contributed by atoms with Crippen LogP contribution in [0.25, 0.3) is 0 Å². The van der Waals surface area contributed by atoms with Crippen LogP contribution < -0.4 is 0 Å². The van der Waals surface area contributed by atoms with Crippen LogP contribution >= 0.6 is 22.6 Å². The number of allylic oxidation sites excluding steroid dienone is 1. The van der Waals surface area contributed by atoms with Gasteiger partial charge in [0.25, 0.3) is 0 Å². The van der Waals surface area contributed by atoms with Crippen LogP contribution in [-0.2, 0) is 19.1 Å². The molecule has 0 fully saturated rings. The van der Waals surface area contributed by atoms with Gasteiger partial charge in [-0.25, -0.2) is 0 Å². The van der Waals surface area contributed by atoms with Crippen molar-refractivity contribution < 1.29 is 19.1 Å². The van der Waals surface area contributed by atoms with Crippen molar-refractivity contribution in [1.29, 1.82) is 0 Å². The summed E-state index contributed by atoms with van der Waals surface area (Å²) in [5.41, 5.74) is -1.23. The molecule has 0 aromatic carbocycles. The van der Waals surface area contributed by atoms with E-state index in [1.165, 1.54) is 20.3 Å². The highest BCUT2D eigenvalue weighted by Gasteiger charge is 2.46. The standard InChI is InChI=1S/C10H15IO4/c1-4-5-10(6-7-11,8(12)14-2)9(13)15-3/h4H,1,5-7H2,2-3H3. The van der Waals surface area contributed by atoms with E-state index in [1.807, 2.05) is 0 Å². The van der Waals surface area contributed by atoms with Crippen LogP contribution in [0.2, 0.25) is 0 Å². The van der Waals surface area contributed by atoms with Crippen molar-refractivity contribution in [3.63, 3.8) is 0 Å². The minimum atomic E-state index is -1.23. The molecule has 0 aromatic heterocycles. The van der Waals surface area contributed by atoms with Gasteiger partial charge in [0.1, 0.15) is 0 Å². The highest BCUT2D eigenvalue weighted by atomic mass is 127. The average molecular weight is 326 g/mol. The number of carbonyl (C=O) groups excluding carboxylic acids is 2. The lowest BCUT2D eigenvalue weighted by atomic mass is 9.82. The summed E-state index contributed by atoms with van der Waals surface area (Å²) >= 11 is 2.10. The number of hydrogen-bond acceptors (Lipinski definition) is 4. The minimum Gasteiger partial charge on any atom is -0.468 e. The van der Waals surface area contributed by atoms with E-state index in [0.717, 1.165) is 0 Å². The van der Waals surface area contributed by atoms with Gasteiger partial charge in [-0.05, 0) is 12.8 Å². The summed E-state index contributed by atoms with van der Waals surface area (Å²) in [5.74, 6) is -1.13. The number of esters is 2. The van der Waals surface area contributed by atoms with Gasteiger partial charge in [-0.2, -0.15) is 0 Å². The van der Waals surface area contributed by atoms with Gasteiger partial charge in [-0.3, -0.25) is 9.59 Å². The zero-order chi connectivity index (χ0) is 11.9. The maximum Gasteiger partial charge on any atom is 0.323 e. The Morgan fingerprint density at radius 2 is 1.80 bits per heavy atom.